The van der Waals surface area contributed by atoms with Crippen molar-refractivity contribution in [2.24, 2.45) is 5.92 Å². The molecule has 2 aromatic rings. The van der Waals surface area contributed by atoms with Crippen molar-refractivity contribution >= 4 is 39.0 Å². The van der Waals surface area contributed by atoms with Crippen LogP contribution in [0.3, 0.4) is 0 Å². The Hall–Kier alpha value is -3.04. The summed E-state index contributed by atoms with van der Waals surface area (Å²) >= 11 is 0. The number of carbonyl (C=O) groups is 3. The van der Waals surface area contributed by atoms with Gasteiger partial charge in [0.1, 0.15) is 0 Å². The molecular weight excluding hydrogens is 442 g/mol. The van der Waals surface area contributed by atoms with Gasteiger partial charge in [0.2, 0.25) is 21.8 Å². The summed E-state index contributed by atoms with van der Waals surface area (Å²) in [4.78, 5) is 38.5. The Balaban J connectivity index is 1.47. The first-order valence-corrected chi connectivity index (χ1v) is 12.3. The van der Waals surface area contributed by atoms with Crippen molar-refractivity contribution in [1.29, 1.82) is 0 Å². The van der Waals surface area contributed by atoms with Crippen LogP contribution in [0.1, 0.15) is 42.6 Å². The van der Waals surface area contributed by atoms with E-state index in [1.807, 2.05) is 6.92 Å². The zero-order valence-electron chi connectivity index (χ0n) is 18.9. The van der Waals surface area contributed by atoms with Gasteiger partial charge >= 0.3 is 0 Å². The number of nitrogens with zero attached hydrogens (tertiary/aromatic N) is 2. The molecule has 9 heteroatoms. The average molecular weight is 470 g/mol. The molecular formula is C24H27N3O5S. The van der Waals surface area contributed by atoms with E-state index in [4.69, 9.17) is 0 Å². The topological polar surface area (TPSA) is 104 Å². The fourth-order valence-electron chi connectivity index (χ4n) is 4.11. The van der Waals surface area contributed by atoms with Gasteiger partial charge in [-0.15, -0.1) is 0 Å². The molecule has 8 nitrogen and oxygen atoms in total. The number of fused-ring (bicyclic) bond motifs is 1. The van der Waals surface area contributed by atoms with Crippen LogP contribution in [0.2, 0.25) is 0 Å². The summed E-state index contributed by atoms with van der Waals surface area (Å²) in [5, 5.41) is 2.63. The number of hydrogen-bond acceptors (Lipinski definition) is 5. The second kappa shape index (κ2) is 8.72. The number of benzene rings is 2. The van der Waals surface area contributed by atoms with Gasteiger partial charge in [0.25, 0.3) is 0 Å². The number of carbonyl (C=O) groups excluding carboxylic acids is 3. The molecule has 0 bridgehead atoms. The summed E-state index contributed by atoms with van der Waals surface area (Å²) in [7, 11) is -2.57. The van der Waals surface area contributed by atoms with Crippen molar-refractivity contribution in [1.82, 2.24) is 4.31 Å². The zero-order chi connectivity index (χ0) is 23.9. The second-order valence-corrected chi connectivity index (χ2v) is 10.8. The Bertz CT molecular complexity index is 1240. The highest BCUT2D eigenvalue weighted by Gasteiger charge is 2.40. The molecule has 1 aliphatic carbocycles. The molecule has 4 rings (SSSR count). The van der Waals surface area contributed by atoms with Crippen LogP contribution in [0, 0.1) is 5.92 Å². The predicted molar refractivity (Wildman–Crippen MR) is 125 cm³/mol. The maximum atomic E-state index is 13.1. The van der Waals surface area contributed by atoms with E-state index < -0.39 is 15.9 Å². The Morgan fingerprint density at radius 1 is 1.12 bits per heavy atom. The van der Waals surface area contributed by atoms with Gasteiger partial charge in [0.15, 0.2) is 5.78 Å². The summed E-state index contributed by atoms with van der Waals surface area (Å²) in [6, 6.07) is 11.2. The number of amides is 2. The lowest BCUT2D eigenvalue weighted by Crippen LogP contribution is -2.36. The fraction of sp³-hybridized carbons (Fsp3) is 0.375. The molecule has 2 aromatic carbocycles. The second-order valence-electron chi connectivity index (χ2n) is 8.77. The lowest BCUT2D eigenvalue weighted by Gasteiger charge is -2.23. The third-order valence-corrected chi connectivity index (χ3v) is 7.86. The van der Waals surface area contributed by atoms with Crippen LogP contribution in [0.4, 0.5) is 11.4 Å². The first kappa shape index (κ1) is 23.1. The van der Waals surface area contributed by atoms with E-state index in [1.54, 1.807) is 41.3 Å². The average Bonchev–Trinajstić information content (AvgIpc) is 3.55. The molecule has 174 valence electrons. The van der Waals surface area contributed by atoms with Crippen LogP contribution < -0.4 is 10.2 Å². The number of hydrogen-bond donors (Lipinski definition) is 1. The van der Waals surface area contributed by atoms with Crippen molar-refractivity contribution in [3.8, 4) is 0 Å². The zero-order valence-corrected chi connectivity index (χ0v) is 19.7. The SMILES string of the molecule is CC(=O)c1cccc(NC(=O)CN(C)S(=O)(=O)c2ccc3c(c2)C[C@H](C)N3C(=O)C2CC2)c1. The number of Topliss-reactive ketones (excluding diaryl/α,β-unsaturated/α-hetero) is 1. The number of rotatable bonds is 7. The molecule has 1 saturated carbocycles. The van der Waals surface area contributed by atoms with E-state index in [2.05, 4.69) is 5.32 Å². The molecule has 0 saturated heterocycles. The number of likely N-dealkylation sites (N-methyl/N-ethyl adjacent to an activating group) is 1. The lowest BCUT2D eigenvalue weighted by atomic mass is 10.1. The van der Waals surface area contributed by atoms with E-state index >= 15 is 0 Å². The van der Waals surface area contributed by atoms with Crippen LogP contribution >= 0.6 is 0 Å². The smallest absolute Gasteiger partial charge is 0.243 e. The van der Waals surface area contributed by atoms with E-state index in [-0.39, 0.29) is 35.1 Å². The predicted octanol–water partition coefficient (Wildman–Crippen LogP) is 2.84. The Labute approximate surface area is 193 Å². The van der Waals surface area contributed by atoms with Gasteiger partial charge in [0, 0.05) is 35.9 Å². The van der Waals surface area contributed by atoms with E-state index in [9.17, 15) is 22.8 Å². The van der Waals surface area contributed by atoms with Crippen molar-refractivity contribution in [3.63, 3.8) is 0 Å². The minimum absolute atomic E-state index is 0.0136. The van der Waals surface area contributed by atoms with Gasteiger partial charge in [0.05, 0.1) is 11.4 Å². The summed E-state index contributed by atoms with van der Waals surface area (Å²) in [5.41, 5.74) is 2.46. The molecule has 1 N–H and O–H groups in total. The first-order chi connectivity index (χ1) is 15.6. The number of anilines is 2. The van der Waals surface area contributed by atoms with E-state index in [0.29, 0.717) is 17.7 Å². The normalized spacial score (nSPS) is 17.7. The van der Waals surface area contributed by atoms with Crippen LogP contribution in [-0.2, 0) is 26.0 Å². The molecule has 2 amide bonds. The Kier molecular flexibility index (Phi) is 6.11. The van der Waals surface area contributed by atoms with Gasteiger partial charge in [-0.05, 0) is 69.0 Å². The van der Waals surface area contributed by atoms with Crippen LogP contribution in [-0.4, -0.2) is 50.0 Å². The highest BCUT2D eigenvalue weighted by Crippen LogP contribution is 2.39. The molecule has 2 aliphatic rings. The van der Waals surface area contributed by atoms with Gasteiger partial charge < -0.3 is 10.2 Å². The monoisotopic (exact) mass is 469 g/mol. The first-order valence-electron chi connectivity index (χ1n) is 10.9. The molecule has 1 heterocycles. The maximum Gasteiger partial charge on any atom is 0.243 e. The summed E-state index contributed by atoms with van der Waals surface area (Å²) in [5.74, 6) is -0.450. The molecule has 0 radical (unpaired) electrons. The molecule has 1 atom stereocenters. The van der Waals surface area contributed by atoms with Gasteiger partial charge in [-0.25, -0.2) is 8.42 Å². The third kappa shape index (κ3) is 4.69. The molecule has 0 unspecified atom stereocenters. The highest BCUT2D eigenvalue weighted by atomic mass is 32.2. The minimum atomic E-state index is -3.91. The van der Waals surface area contributed by atoms with Gasteiger partial charge in [-0.2, -0.15) is 4.31 Å². The Morgan fingerprint density at radius 2 is 1.85 bits per heavy atom. The Morgan fingerprint density at radius 3 is 2.52 bits per heavy atom. The van der Waals surface area contributed by atoms with Crippen molar-refractivity contribution < 1.29 is 22.8 Å². The quantitative estimate of drug-likeness (QED) is 0.628. The lowest BCUT2D eigenvalue weighted by molar-refractivity contribution is -0.120. The summed E-state index contributed by atoms with van der Waals surface area (Å²) in [6.45, 7) is 3.01. The molecule has 0 spiro atoms. The van der Waals surface area contributed by atoms with Crippen molar-refractivity contribution in [2.75, 3.05) is 23.8 Å². The molecule has 0 aromatic heterocycles. The molecule has 1 fully saturated rings. The third-order valence-electron chi connectivity index (χ3n) is 6.06. The summed E-state index contributed by atoms with van der Waals surface area (Å²) in [6.07, 6.45) is 2.42. The van der Waals surface area contributed by atoms with Crippen molar-refractivity contribution in [3.05, 3.63) is 53.6 Å². The highest BCUT2D eigenvalue weighted by molar-refractivity contribution is 7.89. The van der Waals surface area contributed by atoms with E-state index in [1.165, 1.54) is 20.0 Å². The minimum Gasteiger partial charge on any atom is -0.325 e. The fourth-order valence-corrected chi connectivity index (χ4v) is 5.29. The van der Waals surface area contributed by atoms with Gasteiger partial charge in [-0.1, -0.05) is 12.1 Å². The van der Waals surface area contributed by atoms with Gasteiger partial charge in [-0.3, -0.25) is 14.4 Å². The van der Waals surface area contributed by atoms with Crippen molar-refractivity contribution in [2.45, 2.75) is 44.0 Å². The number of nitrogens with one attached hydrogen (secondary N) is 1. The largest absolute Gasteiger partial charge is 0.325 e. The van der Waals surface area contributed by atoms with Crippen LogP contribution in [0.15, 0.2) is 47.4 Å². The van der Waals surface area contributed by atoms with E-state index in [0.717, 1.165) is 28.4 Å². The molecule has 33 heavy (non-hydrogen) atoms. The van der Waals surface area contributed by atoms with Crippen LogP contribution in [0.25, 0.3) is 0 Å². The summed E-state index contributed by atoms with van der Waals surface area (Å²) < 4.78 is 27.2. The number of sulfonamides is 1. The maximum absolute atomic E-state index is 13.1. The van der Waals surface area contributed by atoms with Crippen LogP contribution in [0.5, 0.6) is 0 Å². The number of ketones is 1. The molecule has 1 aliphatic heterocycles. The standard InChI is InChI=1S/C24H27N3O5S/c1-15-11-19-13-21(9-10-22(19)27(15)24(30)17-7-8-17)33(31,32)26(3)14-23(29)25-20-6-4-5-18(12-20)16(2)28/h4-6,9-10,12-13,15,17H,7-8,11,14H2,1-3H3,(H,25,29)/t15-/m0/s1.